The molecule has 0 aliphatic rings. The van der Waals surface area contributed by atoms with E-state index < -0.39 is 0 Å². The van der Waals surface area contributed by atoms with Crippen LogP contribution in [0.1, 0.15) is 11.1 Å². The van der Waals surface area contributed by atoms with Crippen molar-refractivity contribution in [2.24, 2.45) is 0 Å². The maximum Gasteiger partial charge on any atom is 0.101 e. The van der Waals surface area contributed by atoms with E-state index in [1.165, 1.54) is 20.2 Å². The number of aromatic nitrogens is 4. The first kappa shape index (κ1) is 28.4. The fourth-order valence-electron chi connectivity index (χ4n) is 6.70. The zero-order chi connectivity index (χ0) is 32.9. The number of pyridine rings is 4. The van der Waals surface area contributed by atoms with Crippen LogP contribution in [0.3, 0.4) is 0 Å². The fraction of sp³-hybridized carbons (Fsp3) is 0. The number of fused-ring (bicyclic) bond motifs is 5. The maximum absolute atomic E-state index is 9.52. The Morgan fingerprint density at radius 1 is 0.429 bits per heavy atom. The van der Waals surface area contributed by atoms with Crippen LogP contribution in [-0.2, 0) is 0 Å². The van der Waals surface area contributed by atoms with Gasteiger partial charge in [-0.05, 0) is 76.1 Å². The molecule has 0 aliphatic carbocycles. The van der Waals surface area contributed by atoms with Gasteiger partial charge in [0, 0.05) is 67.2 Å². The molecule has 5 aromatic heterocycles. The van der Waals surface area contributed by atoms with Gasteiger partial charge in [0.05, 0.1) is 33.9 Å². The van der Waals surface area contributed by atoms with Crippen LogP contribution < -0.4 is 0 Å². The summed E-state index contributed by atoms with van der Waals surface area (Å²) in [6.07, 6.45) is 6.60. The van der Waals surface area contributed by atoms with E-state index in [-0.39, 0.29) is 0 Å². The van der Waals surface area contributed by atoms with Gasteiger partial charge in [0.25, 0.3) is 0 Å². The first-order valence-electron chi connectivity index (χ1n) is 15.6. The predicted octanol–water partition coefficient (Wildman–Crippen LogP) is 10.4. The van der Waals surface area contributed by atoms with Crippen molar-refractivity contribution >= 4 is 53.1 Å². The number of nitrogens with zero attached hydrogens (tertiary/aromatic N) is 6. The van der Waals surface area contributed by atoms with E-state index in [4.69, 9.17) is 9.97 Å². The van der Waals surface area contributed by atoms with Gasteiger partial charge in [0.2, 0.25) is 0 Å². The Morgan fingerprint density at radius 3 is 1.51 bits per heavy atom. The lowest BCUT2D eigenvalue weighted by Crippen LogP contribution is -1.96. The molecule has 0 atom stereocenters. The lowest BCUT2D eigenvalue weighted by molar-refractivity contribution is 1.27. The first-order valence-corrected chi connectivity index (χ1v) is 16.5. The second-order valence-electron chi connectivity index (χ2n) is 11.8. The fourth-order valence-corrected chi connectivity index (χ4v) is 7.83. The number of hydrogen-bond acceptors (Lipinski definition) is 7. The first-order chi connectivity index (χ1) is 24.2. The molecular weight excluding hydrogens is 621 g/mol. The Kier molecular flexibility index (Phi) is 6.65. The van der Waals surface area contributed by atoms with Crippen LogP contribution in [0, 0.1) is 22.7 Å². The van der Waals surface area contributed by atoms with E-state index in [1.807, 2.05) is 36.4 Å². The average molecular weight is 643 g/mol. The summed E-state index contributed by atoms with van der Waals surface area (Å²) in [4.78, 5) is 19.0. The molecule has 7 heteroatoms. The minimum Gasteiger partial charge on any atom is -0.263 e. The molecule has 4 aromatic carbocycles. The third-order valence-electron chi connectivity index (χ3n) is 8.86. The average Bonchev–Trinajstić information content (AvgIpc) is 3.53. The Morgan fingerprint density at radius 2 is 0.939 bits per heavy atom. The second-order valence-corrected chi connectivity index (χ2v) is 12.8. The molecule has 0 aliphatic heterocycles. The van der Waals surface area contributed by atoms with Crippen LogP contribution in [0.4, 0.5) is 0 Å². The lowest BCUT2D eigenvalue weighted by Gasteiger charge is -2.18. The number of nitriles is 2. The molecule has 9 rings (SSSR count). The highest BCUT2D eigenvalue weighted by molar-refractivity contribution is 7.25. The summed E-state index contributed by atoms with van der Waals surface area (Å²) < 4.78 is 2.43. The molecule has 0 N–H and O–H groups in total. The molecule has 6 nitrogen and oxygen atoms in total. The lowest BCUT2D eigenvalue weighted by atomic mass is 9.87. The Hall–Kier alpha value is -6.80. The number of rotatable bonds is 4. The van der Waals surface area contributed by atoms with Crippen LogP contribution in [0.5, 0.6) is 0 Å². The third-order valence-corrected chi connectivity index (χ3v) is 9.99. The van der Waals surface area contributed by atoms with Crippen molar-refractivity contribution in [2.45, 2.75) is 0 Å². The van der Waals surface area contributed by atoms with Gasteiger partial charge in [-0.25, -0.2) is 9.97 Å². The van der Waals surface area contributed by atoms with Crippen LogP contribution in [-0.4, -0.2) is 19.9 Å². The minimum atomic E-state index is 0.488. The van der Waals surface area contributed by atoms with Crippen molar-refractivity contribution in [3.8, 4) is 57.2 Å². The summed E-state index contributed by atoms with van der Waals surface area (Å²) in [5, 5.41) is 25.7. The van der Waals surface area contributed by atoms with E-state index in [2.05, 4.69) is 94.9 Å². The normalized spacial score (nSPS) is 11.2. The number of hydrogen-bond donors (Lipinski definition) is 0. The zero-order valence-corrected chi connectivity index (χ0v) is 26.6. The molecule has 49 heavy (non-hydrogen) atoms. The number of benzene rings is 4. The van der Waals surface area contributed by atoms with Crippen molar-refractivity contribution in [2.75, 3.05) is 0 Å². The predicted molar refractivity (Wildman–Crippen MR) is 197 cm³/mol. The minimum absolute atomic E-state index is 0.488. The van der Waals surface area contributed by atoms with Gasteiger partial charge in [-0.2, -0.15) is 10.5 Å². The van der Waals surface area contributed by atoms with Gasteiger partial charge >= 0.3 is 0 Å². The van der Waals surface area contributed by atoms with Crippen LogP contribution in [0.2, 0.25) is 0 Å². The quantitative estimate of drug-likeness (QED) is 0.177. The van der Waals surface area contributed by atoms with Crippen LogP contribution >= 0.6 is 11.3 Å². The SMILES string of the molecule is N#Cc1cncc(-c2cccc(-c3c4ccccc4c(-c4cccc(-c5cncc(C#N)c5)n4)c4cc5c(cc34)sc3ccccc35)n2)c1. The molecule has 5 heterocycles. The van der Waals surface area contributed by atoms with Gasteiger partial charge in [-0.15, -0.1) is 11.3 Å². The highest BCUT2D eigenvalue weighted by Gasteiger charge is 2.21. The molecule has 9 aromatic rings. The van der Waals surface area contributed by atoms with Gasteiger partial charge < -0.3 is 0 Å². The van der Waals surface area contributed by atoms with Gasteiger partial charge in [-0.1, -0.05) is 54.6 Å². The summed E-state index contributed by atoms with van der Waals surface area (Å²) in [5.41, 5.74) is 7.75. The highest BCUT2D eigenvalue weighted by atomic mass is 32.1. The van der Waals surface area contributed by atoms with E-state index >= 15 is 0 Å². The maximum atomic E-state index is 9.52. The summed E-state index contributed by atoms with van der Waals surface area (Å²) in [6, 6.07) is 41.6. The van der Waals surface area contributed by atoms with Crippen molar-refractivity contribution in [1.82, 2.24) is 19.9 Å². The topological polar surface area (TPSA) is 99.1 Å². The third kappa shape index (κ3) is 4.77. The van der Waals surface area contributed by atoms with Crippen LogP contribution in [0.15, 0.2) is 134 Å². The monoisotopic (exact) mass is 642 g/mol. The van der Waals surface area contributed by atoms with Crippen molar-refractivity contribution in [1.29, 1.82) is 10.5 Å². The Bertz CT molecular complexity index is 2880. The highest BCUT2D eigenvalue weighted by Crippen LogP contribution is 2.46. The largest absolute Gasteiger partial charge is 0.263 e. The van der Waals surface area contributed by atoms with Gasteiger partial charge in [0.15, 0.2) is 0 Å². The smallest absolute Gasteiger partial charge is 0.101 e. The van der Waals surface area contributed by atoms with Crippen molar-refractivity contribution in [3.05, 3.63) is 145 Å². The van der Waals surface area contributed by atoms with E-state index in [0.717, 1.165) is 66.6 Å². The molecule has 0 unspecified atom stereocenters. The molecule has 0 radical (unpaired) electrons. The number of thiophene rings is 1. The summed E-state index contributed by atoms with van der Waals surface area (Å²) >= 11 is 1.79. The second kappa shape index (κ2) is 11.5. The standard InChI is InChI=1S/C42H22N6S/c43-19-25-15-27(23-45-21-25)35-10-5-12-37(47-35)41-30-8-1-2-9-31(30)42(38-13-6-11-36(48-38)28-16-26(20-44)22-46-24-28)34-18-40-32(17-33(34)41)29-7-3-4-14-39(29)49-40/h1-18,21-24H. The molecule has 0 spiro atoms. The van der Waals surface area contributed by atoms with Crippen molar-refractivity contribution in [3.63, 3.8) is 0 Å². The van der Waals surface area contributed by atoms with Crippen LogP contribution in [0.25, 0.3) is 86.7 Å². The van der Waals surface area contributed by atoms with E-state index in [0.29, 0.717) is 11.1 Å². The molecular formula is C42H22N6S. The van der Waals surface area contributed by atoms with E-state index in [9.17, 15) is 10.5 Å². The molecule has 0 bridgehead atoms. The summed E-state index contributed by atoms with van der Waals surface area (Å²) in [7, 11) is 0. The molecule has 0 fully saturated rings. The van der Waals surface area contributed by atoms with Gasteiger partial charge in [0.1, 0.15) is 12.1 Å². The Balaban J connectivity index is 1.38. The van der Waals surface area contributed by atoms with E-state index in [1.54, 1.807) is 36.1 Å². The Labute approximate surface area is 284 Å². The zero-order valence-electron chi connectivity index (χ0n) is 25.8. The summed E-state index contributed by atoms with van der Waals surface area (Å²) in [5.74, 6) is 0. The molecule has 226 valence electrons. The summed E-state index contributed by atoms with van der Waals surface area (Å²) in [6.45, 7) is 0. The van der Waals surface area contributed by atoms with Gasteiger partial charge in [-0.3, -0.25) is 9.97 Å². The van der Waals surface area contributed by atoms with Crippen molar-refractivity contribution < 1.29 is 0 Å². The molecule has 0 amide bonds. The molecule has 0 saturated carbocycles. The molecule has 0 saturated heterocycles.